The quantitative estimate of drug-likeness (QED) is 0.839. The normalized spacial score (nSPS) is 17.1. The summed E-state index contributed by atoms with van der Waals surface area (Å²) in [4.78, 5) is 32.3. The van der Waals surface area contributed by atoms with Crippen molar-refractivity contribution in [2.24, 2.45) is 5.92 Å². The van der Waals surface area contributed by atoms with E-state index in [0.717, 1.165) is 18.5 Å². The molecule has 1 saturated carbocycles. The van der Waals surface area contributed by atoms with Crippen LogP contribution >= 0.6 is 23.2 Å². The lowest BCUT2D eigenvalue weighted by Crippen LogP contribution is -2.49. The lowest BCUT2D eigenvalue weighted by molar-refractivity contribution is -0.117. The van der Waals surface area contributed by atoms with Gasteiger partial charge in [-0.15, -0.1) is 0 Å². The second kappa shape index (κ2) is 7.40. The number of benzene rings is 1. The van der Waals surface area contributed by atoms with Crippen LogP contribution in [0.15, 0.2) is 28.9 Å². The van der Waals surface area contributed by atoms with E-state index in [0.29, 0.717) is 36.2 Å². The Bertz CT molecular complexity index is 873. The summed E-state index contributed by atoms with van der Waals surface area (Å²) in [5.41, 5.74) is 1.05. The first-order valence-electron chi connectivity index (χ1n) is 8.77. The fraction of sp³-hybridized carbons (Fsp3) is 0.389. The Morgan fingerprint density at radius 2 is 1.89 bits per heavy atom. The summed E-state index contributed by atoms with van der Waals surface area (Å²) in [6.45, 7) is 2.32. The molecule has 2 aromatic rings. The van der Waals surface area contributed by atoms with Crippen LogP contribution in [0.1, 0.15) is 23.3 Å². The molecule has 2 amide bonds. The highest BCUT2D eigenvalue weighted by molar-refractivity contribution is 6.43. The Morgan fingerprint density at radius 3 is 2.59 bits per heavy atom. The number of hydrogen-bond donors (Lipinski definition) is 1. The zero-order valence-corrected chi connectivity index (χ0v) is 16.0. The van der Waals surface area contributed by atoms with Gasteiger partial charge in [0.05, 0.1) is 15.7 Å². The lowest BCUT2D eigenvalue weighted by Gasteiger charge is -2.36. The molecule has 2 heterocycles. The second-order valence-corrected chi connectivity index (χ2v) is 7.44. The molecule has 0 spiro atoms. The van der Waals surface area contributed by atoms with E-state index in [-0.39, 0.29) is 29.4 Å². The fourth-order valence-corrected chi connectivity index (χ4v) is 3.45. The number of anilines is 2. The van der Waals surface area contributed by atoms with Gasteiger partial charge in [-0.05, 0) is 25.0 Å². The monoisotopic (exact) mass is 408 g/mol. The molecular formula is C18H18Cl2N4O3. The maximum atomic E-state index is 12.6. The van der Waals surface area contributed by atoms with Gasteiger partial charge in [-0.25, -0.2) is 0 Å². The average molecular weight is 409 g/mol. The third-order valence-corrected chi connectivity index (χ3v) is 5.55. The molecule has 1 saturated heterocycles. The molecule has 142 valence electrons. The minimum atomic E-state index is -0.220. The number of hydrogen-bond acceptors (Lipinski definition) is 5. The summed E-state index contributed by atoms with van der Waals surface area (Å²) in [7, 11) is 0. The Hall–Kier alpha value is -2.25. The molecule has 1 aliphatic heterocycles. The molecule has 27 heavy (non-hydrogen) atoms. The van der Waals surface area contributed by atoms with Crippen molar-refractivity contribution in [1.29, 1.82) is 0 Å². The summed E-state index contributed by atoms with van der Waals surface area (Å²) in [5.74, 6) is -0.284. The van der Waals surface area contributed by atoms with Crippen molar-refractivity contribution in [1.82, 2.24) is 9.88 Å². The van der Waals surface area contributed by atoms with E-state index in [1.807, 2.05) is 12.1 Å². The molecule has 1 aliphatic carbocycles. The lowest BCUT2D eigenvalue weighted by atomic mass is 10.2. The van der Waals surface area contributed by atoms with Gasteiger partial charge in [0.2, 0.25) is 5.91 Å². The van der Waals surface area contributed by atoms with E-state index in [1.54, 1.807) is 11.0 Å². The molecule has 2 fully saturated rings. The predicted octanol–water partition coefficient (Wildman–Crippen LogP) is 3.29. The minimum absolute atomic E-state index is 0.0439. The number of amides is 2. The molecule has 1 aromatic carbocycles. The highest BCUT2D eigenvalue weighted by atomic mass is 35.5. The SMILES string of the molecule is O=C(Nc1nc(C(=O)N2CCN(c3cccc(Cl)c3Cl)CC2)co1)C1CC1. The van der Waals surface area contributed by atoms with E-state index in [4.69, 9.17) is 27.6 Å². The molecule has 0 bridgehead atoms. The second-order valence-electron chi connectivity index (χ2n) is 6.65. The first-order chi connectivity index (χ1) is 13.0. The topological polar surface area (TPSA) is 78.7 Å². The highest BCUT2D eigenvalue weighted by Crippen LogP contribution is 2.33. The van der Waals surface area contributed by atoms with Crippen molar-refractivity contribution >= 4 is 46.7 Å². The number of aromatic nitrogens is 1. The van der Waals surface area contributed by atoms with E-state index in [2.05, 4.69) is 15.2 Å². The number of halogens is 2. The number of nitrogens with one attached hydrogen (secondary N) is 1. The molecule has 1 N–H and O–H groups in total. The summed E-state index contributed by atoms with van der Waals surface area (Å²) in [6.07, 6.45) is 3.06. The van der Waals surface area contributed by atoms with Crippen molar-refractivity contribution < 1.29 is 14.0 Å². The van der Waals surface area contributed by atoms with Crippen molar-refractivity contribution in [3.63, 3.8) is 0 Å². The maximum Gasteiger partial charge on any atom is 0.302 e. The van der Waals surface area contributed by atoms with Gasteiger partial charge in [-0.3, -0.25) is 14.9 Å². The van der Waals surface area contributed by atoms with Crippen LogP contribution in [0.25, 0.3) is 0 Å². The van der Waals surface area contributed by atoms with Gasteiger partial charge in [0, 0.05) is 32.1 Å². The van der Waals surface area contributed by atoms with E-state index >= 15 is 0 Å². The number of oxazole rings is 1. The first-order valence-corrected chi connectivity index (χ1v) is 9.53. The van der Waals surface area contributed by atoms with Crippen molar-refractivity contribution in [3.8, 4) is 0 Å². The van der Waals surface area contributed by atoms with Gasteiger partial charge in [0.25, 0.3) is 5.91 Å². The van der Waals surface area contributed by atoms with Crippen molar-refractivity contribution in [2.75, 3.05) is 36.4 Å². The molecule has 4 rings (SSSR count). The molecule has 0 radical (unpaired) electrons. The zero-order valence-electron chi connectivity index (χ0n) is 14.5. The third-order valence-electron chi connectivity index (χ3n) is 4.74. The summed E-state index contributed by atoms with van der Waals surface area (Å²) >= 11 is 12.4. The van der Waals surface area contributed by atoms with Gasteiger partial charge in [-0.1, -0.05) is 29.3 Å². The number of carbonyl (C=O) groups excluding carboxylic acids is 2. The van der Waals surface area contributed by atoms with Crippen LogP contribution in [0.2, 0.25) is 10.0 Å². The van der Waals surface area contributed by atoms with Crippen LogP contribution in [0.3, 0.4) is 0 Å². The first kappa shape index (κ1) is 18.1. The Kier molecular flexibility index (Phi) is 4.97. The standard InChI is InChI=1S/C18H18Cl2N4O3/c19-12-2-1-3-14(15(12)20)23-6-8-24(9-7-23)17(26)13-10-27-18(21-13)22-16(25)11-4-5-11/h1-3,10-11H,4-9H2,(H,21,22,25). The number of nitrogens with zero attached hydrogens (tertiary/aromatic N) is 3. The average Bonchev–Trinajstić information content (AvgIpc) is 3.43. The van der Waals surface area contributed by atoms with E-state index in [1.165, 1.54) is 6.26 Å². The smallest absolute Gasteiger partial charge is 0.302 e. The van der Waals surface area contributed by atoms with Gasteiger partial charge >= 0.3 is 6.01 Å². The van der Waals surface area contributed by atoms with Crippen LogP contribution in [-0.4, -0.2) is 47.9 Å². The fourth-order valence-electron chi connectivity index (χ4n) is 3.03. The molecule has 1 aromatic heterocycles. The maximum absolute atomic E-state index is 12.6. The van der Waals surface area contributed by atoms with Crippen LogP contribution in [0.5, 0.6) is 0 Å². The van der Waals surface area contributed by atoms with Crippen molar-refractivity contribution in [3.05, 3.63) is 40.2 Å². The predicted molar refractivity (Wildman–Crippen MR) is 102 cm³/mol. The van der Waals surface area contributed by atoms with E-state index < -0.39 is 0 Å². The van der Waals surface area contributed by atoms with E-state index in [9.17, 15) is 9.59 Å². The van der Waals surface area contributed by atoms with Gasteiger partial charge in [0.15, 0.2) is 5.69 Å². The largest absolute Gasteiger partial charge is 0.431 e. The van der Waals surface area contributed by atoms with Crippen molar-refractivity contribution in [2.45, 2.75) is 12.8 Å². The molecule has 2 aliphatic rings. The number of piperazine rings is 1. The number of rotatable bonds is 4. The van der Waals surface area contributed by atoms with Crippen LogP contribution in [0, 0.1) is 5.92 Å². The number of carbonyl (C=O) groups is 2. The molecule has 0 atom stereocenters. The van der Waals surface area contributed by atoms with Gasteiger partial charge in [-0.2, -0.15) is 4.98 Å². The van der Waals surface area contributed by atoms with Gasteiger partial charge in [0.1, 0.15) is 6.26 Å². The van der Waals surface area contributed by atoms with Crippen LogP contribution < -0.4 is 10.2 Å². The molecular weight excluding hydrogens is 391 g/mol. The summed E-state index contributed by atoms with van der Waals surface area (Å²) in [6, 6.07) is 5.59. The van der Waals surface area contributed by atoms with Crippen LogP contribution in [0.4, 0.5) is 11.7 Å². The molecule has 7 nitrogen and oxygen atoms in total. The minimum Gasteiger partial charge on any atom is -0.431 e. The highest BCUT2D eigenvalue weighted by Gasteiger charge is 2.31. The van der Waals surface area contributed by atoms with Crippen LogP contribution in [-0.2, 0) is 4.79 Å². The molecule has 9 heteroatoms. The third kappa shape index (κ3) is 3.89. The Morgan fingerprint density at radius 1 is 1.15 bits per heavy atom. The Balaban J connectivity index is 1.36. The summed E-state index contributed by atoms with van der Waals surface area (Å²) in [5, 5.41) is 3.63. The summed E-state index contributed by atoms with van der Waals surface area (Å²) < 4.78 is 5.21. The molecule has 0 unspecified atom stereocenters. The Labute approximate surface area is 166 Å². The van der Waals surface area contributed by atoms with Gasteiger partial charge < -0.3 is 14.2 Å². The zero-order chi connectivity index (χ0) is 19.0.